The van der Waals surface area contributed by atoms with Gasteiger partial charge in [0.05, 0.1) is 6.54 Å². The van der Waals surface area contributed by atoms with Gasteiger partial charge in [-0.2, -0.15) is 0 Å². The number of anilines is 1. The lowest BCUT2D eigenvalue weighted by Crippen LogP contribution is -2.46. The normalized spacial score (nSPS) is 15.3. The van der Waals surface area contributed by atoms with E-state index in [0.29, 0.717) is 6.04 Å². The van der Waals surface area contributed by atoms with E-state index in [9.17, 15) is 13.6 Å². The Hall–Kier alpha value is -1.24. The van der Waals surface area contributed by atoms with Crippen molar-refractivity contribution in [1.29, 1.82) is 0 Å². The minimum Gasteiger partial charge on any atom is -0.325 e. The Kier molecular flexibility index (Phi) is 8.44. The summed E-state index contributed by atoms with van der Waals surface area (Å²) in [6, 6.07) is 3.41. The van der Waals surface area contributed by atoms with Crippen LogP contribution in [-0.2, 0) is 4.79 Å². The quantitative estimate of drug-likeness (QED) is 0.831. The highest BCUT2D eigenvalue weighted by Gasteiger charge is 2.22. The summed E-state index contributed by atoms with van der Waals surface area (Å²) >= 11 is 0. The monoisotopic (exact) mass is 347 g/mol. The van der Waals surface area contributed by atoms with Crippen LogP contribution in [0.1, 0.15) is 26.2 Å². The Labute approximate surface area is 142 Å². The van der Waals surface area contributed by atoms with Gasteiger partial charge in [-0.1, -0.05) is 6.92 Å². The summed E-state index contributed by atoms with van der Waals surface area (Å²) in [4.78, 5) is 14.3. The molecule has 7 heteroatoms. The molecule has 2 N–H and O–H groups in total. The molecule has 130 valence electrons. The van der Waals surface area contributed by atoms with E-state index < -0.39 is 11.6 Å². The molecule has 1 fully saturated rings. The van der Waals surface area contributed by atoms with Gasteiger partial charge in [-0.15, -0.1) is 12.4 Å². The molecule has 0 aliphatic carbocycles. The van der Waals surface area contributed by atoms with Crippen LogP contribution in [0.4, 0.5) is 14.5 Å². The summed E-state index contributed by atoms with van der Waals surface area (Å²) in [5.74, 6) is -1.63. The molecule has 1 heterocycles. The number of rotatable bonds is 6. The smallest absolute Gasteiger partial charge is 0.238 e. The molecule has 2 rings (SSSR count). The van der Waals surface area contributed by atoms with Crippen molar-refractivity contribution in [2.45, 2.75) is 32.2 Å². The van der Waals surface area contributed by atoms with E-state index in [4.69, 9.17) is 0 Å². The number of carbonyl (C=O) groups is 1. The molecule has 1 aliphatic heterocycles. The van der Waals surface area contributed by atoms with E-state index in [1.54, 1.807) is 0 Å². The van der Waals surface area contributed by atoms with Gasteiger partial charge in [0, 0.05) is 17.8 Å². The number of hydrogen-bond acceptors (Lipinski definition) is 3. The van der Waals surface area contributed by atoms with E-state index in [1.807, 2.05) is 0 Å². The van der Waals surface area contributed by atoms with E-state index in [2.05, 4.69) is 22.5 Å². The van der Waals surface area contributed by atoms with Crippen molar-refractivity contribution < 1.29 is 13.6 Å². The van der Waals surface area contributed by atoms with Crippen molar-refractivity contribution in [3.05, 3.63) is 29.8 Å². The molecule has 1 saturated heterocycles. The van der Waals surface area contributed by atoms with Gasteiger partial charge >= 0.3 is 0 Å². The zero-order valence-corrected chi connectivity index (χ0v) is 14.1. The van der Waals surface area contributed by atoms with Crippen molar-refractivity contribution in [2.75, 3.05) is 31.5 Å². The van der Waals surface area contributed by atoms with Crippen LogP contribution in [0.25, 0.3) is 0 Å². The first kappa shape index (κ1) is 19.8. The highest BCUT2D eigenvalue weighted by atomic mass is 35.5. The molecular weight excluding hydrogens is 324 g/mol. The maximum Gasteiger partial charge on any atom is 0.238 e. The van der Waals surface area contributed by atoms with Crippen molar-refractivity contribution in [2.24, 2.45) is 0 Å². The molecule has 4 nitrogen and oxygen atoms in total. The molecule has 0 aromatic heterocycles. The molecular formula is C16H24ClF2N3O. The topological polar surface area (TPSA) is 44.4 Å². The van der Waals surface area contributed by atoms with Crippen LogP contribution in [0.15, 0.2) is 18.2 Å². The van der Waals surface area contributed by atoms with Gasteiger partial charge in [-0.25, -0.2) is 8.78 Å². The maximum atomic E-state index is 13.1. The van der Waals surface area contributed by atoms with Crippen molar-refractivity contribution in [3.8, 4) is 0 Å². The van der Waals surface area contributed by atoms with Crippen LogP contribution in [0.3, 0.4) is 0 Å². The molecule has 1 amide bonds. The first-order valence-electron chi connectivity index (χ1n) is 7.79. The molecule has 0 spiro atoms. The zero-order chi connectivity index (χ0) is 15.9. The fourth-order valence-corrected chi connectivity index (χ4v) is 2.86. The van der Waals surface area contributed by atoms with E-state index >= 15 is 0 Å². The second-order valence-electron chi connectivity index (χ2n) is 5.66. The lowest BCUT2D eigenvalue weighted by Gasteiger charge is -2.34. The first-order chi connectivity index (χ1) is 10.6. The van der Waals surface area contributed by atoms with Gasteiger partial charge in [0.25, 0.3) is 0 Å². The van der Waals surface area contributed by atoms with Crippen LogP contribution in [0, 0.1) is 11.6 Å². The number of nitrogens with zero attached hydrogens (tertiary/aromatic N) is 1. The van der Waals surface area contributed by atoms with E-state index in [-0.39, 0.29) is 30.5 Å². The Morgan fingerprint density at radius 3 is 2.43 bits per heavy atom. The number of nitrogens with one attached hydrogen (secondary N) is 2. The minimum atomic E-state index is -0.695. The lowest BCUT2D eigenvalue weighted by atomic mass is 10.0. The molecule has 0 saturated carbocycles. The average molecular weight is 348 g/mol. The second kappa shape index (κ2) is 9.80. The summed E-state index contributed by atoms with van der Waals surface area (Å²) in [5, 5.41) is 5.88. The van der Waals surface area contributed by atoms with E-state index in [1.165, 1.54) is 0 Å². The van der Waals surface area contributed by atoms with Gasteiger partial charge in [0.1, 0.15) is 11.6 Å². The van der Waals surface area contributed by atoms with Crippen molar-refractivity contribution >= 4 is 24.0 Å². The maximum absolute atomic E-state index is 13.1. The summed E-state index contributed by atoms with van der Waals surface area (Å²) in [6.45, 7) is 5.09. The van der Waals surface area contributed by atoms with Crippen molar-refractivity contribution in [3.63, 3.8) is 0 Å². The largest absolute Gasteiger partial charge is 0.325 e. The average Bonchev–Trinajstić information content (AvgIpc) is 2.46. The third-order valence-electron chi connectivity index (χ3n) is 3.83. The molecule has 0 bridgehead atoms. The van der Waals surface area contributed by atoms with Crippen LogP contribution >= 0.6 is 12.4 Å². The SMILES string of the molecule is CCCN(CC(=O)Nc1cc(F)cc(F)c1)C1CCNCC1.Cl. The fraction of sp³-hybridized carbons (Fsp3) is 0.562. The molecule has 23 heavy (non-hydrogen) atoms. The molecule has 0 radical (unpaired) electrons. The number of hydrogen-bond donors (Lipinski definition) is 2. The van der Waals surface area contributed by atoms with Gasteiger partial charge in [-0.05, 0) is 51.0 Å². The zero-order valence-electron chi connectivity index (χ0n) is 13.3. The Bertz CT molecular complexity index is 490. The minimum absolute atomic E-state index is 0. The number of amides is 1. The predicted octanol–water partition coefficient (Wildman–Crippen LogP) is 2.79. The number of benzene rings is 1. The fourth-order valence-electron chi connectivity index (χ4n) is 2.86. The van der Waals surface area contributed by atoms with Crippen LogP contribution < -0.4 is 10.6 Å². The molecule has 1 aromatic carbocycles. The number of carbonyl (C=O) groups excluding carboxylic acids is 1. The second-order valence-corrected chi connectivity index (χ2v) is 5.66. The highest BCUT2D eigenvalue weighted by Crippen LogP contribution is 2.15. The van der Waals surface area contributed by atoms with Crippen LogP contribution in [0.5, 0.6) is 0 Å². The summed E-state index contributed by atoms with van der Waals surface area (Å²) in [6.07, 6.45) is 3.00. The van der Waals surface area contributed by atoms with E-state index in [0.717, 1.165) is 57.1 Å². The molecule has 0 atom stereocenters. The summed E-state index contributed by atoms with van der Waals surface area (Å²) in [7, 11) is 0. The Morgan fingerprint density at radius 1 is 1.26 bits per heavy atom. The molecule has 1 aromatic rings. The summed E-state index contributed by atoms with van der Waals surface area (Å²) in [5.41, 5.74) is 0.157. The summed E-state index contributed by atoms with van der Waals surface area (Å²) < 4.78 is 26.3. The standard InChI is InChI=1S/C16H23F2N3O.ClH/c1-2-7-21(15-3-5-19-6-4-15)11-16(22)20-14-9-12(17)8-13(18)10-14;/h8-10,15,19H,2-7,11H2,1H3,(H,20,22);1H. The van der Waals surface area contributed by atoms with Crippen LogP contribution in [-0.4, -0.2) is 43.0 Å². The van der Waals surface area contributed by atoms with Gasteiger partial charge in [-0.3, -0.25) is 9.69 Å². The Balaban J connectivity index is 0.00000264. The number of halogens is 3. The van der Waals surface area contributed by atoms with Gasteiger partial charge < -0.3 is 10.6 Å². The third kappa shape index (κ3) is 6.41. The molecule has 1 aliphatic rings. The number of piperidine rings is 1. The third-order valence-corrected chi connectivity index (χ3v) is 3.83. The highest BCUT2D eigenvalue weighted by molar-refractivity contribution is 5.92. The predicted molar refractivity (Wildman–Crippen MR) is 90.0 cm³/mol. The first-order valence-corrected chi connectivity index (χ1v) is 7.79. The Morgan fingerprint density at radius 2 is 1.87 bits per heavy atom. The molecule has 0 unspecified atom stereocenters. The van der Waals surface area contributed by atoms with Gasteiger partial charge in [0.15, 0.2) is 0 Å². The van der Waals surface area contributed by atoms with Crippen molar-refractivity contribution in [1.82, 2.24) is 10.2 Å². The lowest BCUT2D eigenvalue weighted by molar-refractivity contribution is -0.118. The van der Waals surface area contributed by atoms with Crippen LogP contribution in [0.2, 0.25) is 0 Å². The van der Waals surface area contributed by atoms with Gasteiger partial charge in [0.2, 0.25) is 5.91 Å².